The van der Waals surface area contributed by atoms with Gasteiger partial charge in [-0.1, -0.05) is 12.1 Å². The maximum Gasteiger partial charge on any atom is 0.228 e. The summed E-state index contributed by atoms with van der Waals surface area (Å²) in [4.78, 5) is 32.6. The highest BCUT2D eigenvalue weighted by Gasteiger charge is 2.39. The molecule has 2 aliphatic rings. The molecule has 2 amide bonds. The summed E-state index contributed by atoms with van der Waals surface area (Å²) in [5, 5.41) is 3.90. The average Bonchev–Trinajstić information content (AvgIpc) is 3.18. The van der Waals surface area contributed by atoms with E-state index in [9.17, 15) is 9.59 Å². The number of likely N-dealkylation sites (tertiary alicyclic amines) is 2. The number of rotatable bonds is 4. The molecule has 0 aliphatic carbocycles. The first-order valence-electron chi connectivity index (χ1n) is 8.05. The Labute approximate surface area is 129 Å². The normalized spacial score (nSPS) is 25.8. The molecule has 0 spiro atoms. The van der Waals surface area contributed by atoms with E-state index in [1.807, 2.05) is 11.8 Å². The molecule has 1 aromatic heterocycles. The van der Waals surface area contributed by atoms with Crippen molar-refractivity contribution >= 4 is 11.8 Å². The zero-order valence-electron chi connectivity index (χ0n) is 12.9. The van der Waals surface area contributed by atoms with Gasteiger partial charge in [0.25, 0.3) is 0 Å². The zero-order valence-corrected chi connectivity index (χ0v) is 12.9. The van der Waals surface area contributed by atoms with Crippen LogP contribution in [0.25, 0.3) is 0 Å². The van der Waals surface area contributed by atoms with E-state index in [1.54, 1.807) is 4.90 Å². The Bertz CT molecular complexity index is 531. The second-order valence-electron chi connectivity index (χ2n) is 6.07. The van der Waals surface area contributed by atoms with Crippen molar-refractivity contribution in [1.82, 2.24) is 19.9 Å². The van der Waals surface area contributed by atoms with Crippen LogP contribution in [-0.2, 0) is 9.59 Å². The Morgan fingerprint density at radius 3 is 3.05 bits per heavy atom. The van der Waals surface area contributed by atoms with Crippen molar-refractivity contribution in [1.29, 1.82) is 0 Å². The van der Waals surface area contributed by atoms with Crippen LogP contribution in [0.1, 0.15) is 50.9 Å². The fourth-order valence-electron chi connectivity index (χ4n) is 3.45. The molecule has 2 aliphatic heterocycles. The Morgan fingerprint density at radius 2 is 2.32 bits per heavy atom. The second-order valence-corrected chi connectivity index (χ2v) is 6.07. The van der Waals surface area contributed by atoms with E-state index in [2.05, 4.69) is 10.1 Å². The molecule has 2 saturated heterocycles. The fraction of sp³-hybridized carbons (Fsp3) is 0.733. The van der Waals surface area contributed by atoms with E-state index in [0.29, 0.717) is 25.3 Å². The van der Waals surface area contributed by atoms with E-state index in [0.717, 1.165) is 32.2 Å². The first-order valence-corrected chi connectivity index (χ1v) is 8.05. The van der Waals surface area contributed by atoms with Crippen LogP contribution < -0.4 is 0 Å². The molecule has 0 aromatic carbocycles. The lowest BCUT2D eigenvalue weighted by Gasteiger charge is -2.35. The molecule has 0 radical (unpaired) electrons. The van der Waals surface area contributed by atoms with Gasteiger partial charge in [-0.05, 0) is 25.7 Å². The molecule has 7 heteroatoms. The number of hydrogen-bond donors (Lipinski definition) is 0. The third kappa shape index (κ3) is 2.84. The molecule has 0 N–H and O–H groups in total. The minimum Gasteiger partial charge on any atom is -0.343 e. The molecule has 0 saturated carbocycles. The lowest BCUT2D eigenvalue weighted by Crippen LogP contribution is -2.43. The summed E-state index contributed by atoms with van der Waals surface area (Å²) < 4.78 is 4.83. The van der Waals surface area contributed by atoms with Crippen LogP contribution in [-0.4, -0.2) is 51.4 Å². The topological polar surface area (TPSA) is 79.5 Å². The molecule has 7 nitrogen and oxygen atoms in total. The van der Waals surface area contributed by atoms with E-state index >= 15 is 0 Å². The summed E-state index contributed by atoms with van der Waals surface area (Å²) in [5.74, 6) is 0.490. The summed E-state index contributed by atoms with van der Waals surface area (Å²) in [5.41, 5.74) is 0. The van der Waals surface area contributed by atoms with Crippen LogP contribution in [0.3, 0.4) is 0 Å². The zero-order chi connectivity index (χ0) is 15.5. The first-order chi connectivity index (χ1) is 10.7. The SMILES string of the molecule is CCCN1CC(C(=O)N2CCCCC2c2ncon2)CC1=O. The van der Waals surface area contributed by atoms with Crippen molar-refractivity contribution in [3.63, 3.8) is 0 Å². The number of amides is 2. The summed E-state index contributed by atoms with van der Waals surface area (Å²) >= 11 is 0. The first kappa shape index (κ1) is 15.0. The smallest absolute Gasteiger partial charge is 0.228 e. The van der Waals surface area contributed by atoms with E-state index < -0.39 is 0 Å². The van der Waals surface area contributed by atoms with Crippen LogP contribution in [0.15, 0.2) is 10.9 Å². The monoisotopic (exact) mass is 306 g/mol. The predicted octanol–water partition coefficient (Wildman–Crippen LogP) is 1.38. The van der Waals surface area contributed by atoms with Crippen LogP contribution >= 0.6 is 0 Å². The third-order valence-electron chi connectivity index (χ3n) is 4.52. The number of nitrogens with zero attached hydrogens (tertiary/aromatic N) is 4. The molecule has 120 valence electrons. The summed E-state index contributed by atoms with van der Waals surface area (Å²) in [6.07, 6.45) is 5.43. The number of aromatic nitrogens is 2. The predicted molar refractivity (Wildman–Crippen MR) is 77.6 cm³/mol. The fourth-order valence-corrected chi connectivity index (χ4v) is 3.45. The van der Waals surface area contributed by atoms with E-state index in [4.69, 9.17) is 4.52 Å². The maximum absolute atomic E-state index is 12.9. The number of carbonyl (C=O) groups excluding carboxylic acids is 2. The number of piperidine rings is 1. The molecule has 0 bridgehead atoms. The molecule has 3 heterocycles. The van der Waals surface area contributed by atoms with Gasteiger partial charge in [-0.25, -0.2) is 0 Å². The average molecular weight is 306 g/mol. The van der Waals surface area contributed by atoms with Gasteiger partial charge < -0.3 is 14.3 Å². The van der Waals surface area contributed by atoms with Gasteiger partial charge in [-0.2, -0.15) is 4.98 Å². The standard InChI is InChI=1S/C15H22N4O3/c1-2-6-18-9-11(8-13(18)20)15(21)19-7-4-3-5-12(19)14-16-10-22-17-14/h10-12H,2-9H2,1H3. The van der Waals surface area contributed by atoms with Gasteiger partial charge >= 0.3 is 0 Å². The van der Waals surface area contributed by atoms with Crippen molar-refractivity contribution < 1.29 is 14.1 Å². The molecular formula is C15H22N4O3. The Morgan fingerprint density at radius 1 is 1.45 bits per heavy atom. The molecule has 2 fully saturated rings. The Balaban J connectivity index is 1.71. The quantitative estimate of drug-likeness (QED) is 0.839. The van der Waals surface area contributed by atoms with Crippen LogP contribution in [0.2, 0.25) is 0 Å². The Hall–Kier alpha value is -1.92. The number of hydrogen-bond acceptors (Lipinski definition) is 5. The van der Waals surface area contributed by atoms with Crippen LogP contribution in [0.5, 0.6) is 0 Å². The van der Waals surface area contributed by atoms with Gasteiger partial charge in [-0.15, -0.1) is 0 Å². The van der Waals surface area contributed by atoms with Gasteiger partial charge in [0.1, 0.15) is 0 Å². The van der Waals surface area contributed by atoms with Gasteiger partial charge in [0.05, 0.1) is 12.0 Å². The van der Waals surface area contributed by atoms with Crippen LogP contribution in [0.4, 0.5) is 0 Å². The van der Waals surface area contributed by atoms with Gasteiger partial charge in [0.2, 0.25) is 18.2 Å². The summed E-state index contributed by atoms with van der Waals surface area (Å²) in [6, 6.07) is -0.115. The highest BCUT2D eigenvalue weighted by molar-refractivity contribution is 5.89. The molecule has 22 heavy (non-hydrogen) atoms. The van der Waals surface area contributed by atoms with Crippen molar-refractivity contribution in [2.45, 2.75) is 45.1 Å². The van der Waals surface area contributed by atoms with Crippen molar-refractivity contribution in [3.05, 3.63) is 12.2 Å². The van der Waals surface area contributed by atoms with Crippen molar-refractivity contribution in [3.8, 4) is 0 Å². The Kier molecular flexibility index (Phi) is 4.40. The lowest BCUT2D eigenvalue weighted by atomic mass is 9.98. The lowest BCUT2D eigenvalue weighted by molar-refractivity contribution is -0.139. The van der Waals surface area contributed by atoms with Crippen molar-refractivity contribution in [2.24, 2.45) is 5.92 Å². The van der Waals surface area contributed by atoms with Crippen molar-refractivity contribution in [2.75, 3.05) is 19.6 Å². The molecule has 2 atom stereocenters. The molecule has 3 rings (SSSR count). The maximum atomic E-state index is 12.9. The summed E-state index contributed by atoms with van der Waals surface area (Å²) in [6.45, 7) is 4.02. The number of carbonyl (C=O) groups is 2. The molecule has 2 unspecified atom stereocenters. The van der Waals surface area contributed by atoms with Gasteiger partial charge in [0, 0.05) is 26.1 Å². The van der Waals surface area contributed by atoms with Gasteiger partial charge in [-0.3, -0.25) is 9.59 Å². The third-order valence-corrected chi connectivity index (χ3v) is 4.52. The van der Waals surface area contributed by atoms with Gasteiger partial charge in [0.15, 0.2) is 5.82 Å². The highest BCUT2D eigenvalue weighted by atomic mass is 16.5. The van der Waals surface area contributed by atoms with E-state index in [-0.39, 0.29) is 23.8 Å². The second kappa shape index (κ2) is 6.46. The molecular weight excluding hydrogens is 284 g/mol. The minimum absolute atomic E-state index is 0.0569. The minimum atomic E-state index is -0.230. The van der Waals surface area contributed by atoms with E-state index in [1.165, 1.54) is 6.39 Å². The molecule has 1 aromatic rings. The summed E-state index contributed by atoms with van der Waals surface area (Å²) in [7, 11) is 0. The largest absolute Gasteiger partial charge is 0.343 e. The van der Waals surface area contributed by atoms with Crippen LogP contribution in [0, 0.1) is 5.92 Å². The highest BCUT2D eigenvalue weighted by Crippen LogP contribution is 2.32.